The normalized spacial score (nSPS) is 19.0. The summed E-state index contributed by atoms with van der Waals surface area (Å²) in [6.45, 7) is 4.25. The standard InChI is InChI=1S/C21H26N4O4S/c1-14-12-24(21(27)16-4-5-16)20-10-17(6-7-19(20)25(14)15(2)26)18-11-22-23(13-18)8-9-30(3,28)29/h6-7,10-11,13-14,16H,4-5,8-9,12H2,1-3H3. The fraction of sp³-hybridized carbons (Fsp3) is 0.476. The van der Waals surface area contributed by atoms with Crippen molar-refractivity contribution in [2.24, 2.45) is 5.92 Å². The van der Waals surface area contributed by atoms with Gasteiger partial charge in [0.15, 0.2) is 0 Å². The topological polar surface area (TPSA) is 92.6 Å². The van der Waals surface area contributed by atoms with Crippen LogP contribution in [0.5, 0.6) is 0 Å². The second-order valence-corrected chi connectivity index (χ2v) is 10.5. The molecule has 160 valence electrons. The molecule has 0 bridgehead atoms. The highest BCUT2D eigenvalue weighted by Gasteiger charge is 2.39. The summed E-state index contributed by atoms with van der Waals surface area (Å²) in [5.41, 5.74) is 3.18. The summed E-state index contributed by atoms with van der Waals surface area (Å²) in [6, 6.07) is 5.62. The maximum Gasteiger partial charge on any atom is 0.230 e. The molecule has 1 atom stereocenters. The second kappa shape index (κ2) is 7.54. The van der Waals surface area contributed by atoms with Gasteiger partial charge in [0.1, 0.15) is 9.84 Å². The molecule has 1 unspecified atom stereocenters. The minimum absolute atomic E-state index is 0.0213. The lowest BCUT2D eigenvalue weighted by molar-refractivity contribution is -0.120. The van der Waals surface area contributed by atoms with Crippen LogP contribution in [0.2, 0.25) is 0 Å². The van der Waals surface area contributed by atoms with E-state index in [0.717, 1.165) is 35.3 Å². The Bertz CT molecular complexity index is 1100. The number of amides is 2. The van der Waals surface area contributed by atoms with Gasteiger partial charge in [-0.05, 0) is 37.5 Å². The zero-order chi connectivity index (χ0) is 21.6. The molecule has 0 spiro atoms. The minimum atomic E-state index is -3.07. The van der Waals surface area contributed by atoms with Crippen LogP contribution in [0.15, 0.2) is 30.6 Å². The molecule has 2 heterocycles. The van der Waals surface area contributed by atoms with Gasteiger partial charge >= 0.3 is 0 Å². The Morgan fingerprint density at radius 1 is 1.17 bits per heavy atom. The summed E-state index contributed by atoms with van der Waals surface area (Å²) >= 11 is 0. The van der Waals surface area contributed by atoms with Gasteiger partial charge in [0.25, 0.3) is 0 Å². The second-order valence-electron chi connectivity index (χ2n) is 8.29. The molecule has 1 saturated carbocycles. The third kappa shape index (κ3) is 4.12. The third-order valence-electron chi connectivity index (χ3n) is 5.60. The predicted molar refractivity (Wildman–Crippen MR) is 115 cm³/mol. The number of carbonyl (C=O) groups excluding carboxylic acids is 2. The van der Waals surface area contributed by atoms with Crippen LogP contribution in [0.3, 0.4) is 0 Å². The van der Waals surface area contributed by atoms with Gasteiger partial charge in [0.05, 0.1) is 35.9 Å². The van der Waals surface area contributed by atoms with Crippen LogP contribution in [0, 0.1) is 5.92 Å². The number of anilines is 2. The molecule has 1 aromatic carbocycles. The number of carbonyl (C=O) groups is 2. The van der Waals surface area contributed by atoms with E-state index in [9.17, 15) is 18.0 Å². The first-order valence-electron chi connectivity index (χ1n) is 10.1. The van der Waals surface area contributed by atoms with Crippen molar-refractivity contribution in [3.05, 3.63) is 30.6 Å². The minimum Gasteiger partial charge on any atom is -0.308 e. The van der Waals surface area contributed by atoms with E-state index in [1.807, 2.05) is 30.0 Å². The Balaban J connectivity index is 1.69. The highest BCUT2D eigenvalue weighted by molar-refractivity contribution is 7.90. The first-order valence-corrected chi connectivity index (χ1v) is 12.2. The van der Waals surface area contributed by atoms with Crippen LogP contribution in [-0.4, -0.2) is 54.6 Å². The lowest BCUT2D eigenvalue weighted by Crippen LogP contribution is -2.51. The summed E-state index contributed by atoms with van der Waals surface area (Å²) in [5, 5.41) is 4.26. The summed E-state index contributed by atoms with van der Waals surface area (Å²) in [7, 11) is -3.07. The SMILES string of the molecule is CC(=O)N1c2ccc(-c3cnn(CCS(C)(=O)=O)c3)cc2N(C(=O)C2CC2)CC1C. The number of hydrogen-bond donors (Lipinski definition) is 0. The largest absolute Gasteiger partial charge is 0.308 e. The fourth-order valence-electron chi connectivity index (χ4n) is 3.94. The molecule has 1 aliphatic carbocycles. The molecule has 2 aliphatic rings. The quantitative estimate of drug-likeness (QED) is 0.724. The Morgan fingerprint density at radius 2 is 1.90 bits per heavy atom. The molecule has 2 amide bonds. The summed E-state index contributed by atoms with van der Waals surface area (Å²) in [5.74, 6) is 0.167. The predicted octanol–water partition coefficient (Wildman–Crippen LogP) is 2.09. The molecule has 9 heteroatoms. The number of sulfone groups is 1. The van der Waals surface area contributed by atoms with Crippen LogP contribution in [0.4, 0.5) is 11.4 Å². The zero-order valence-corrected chi connectivity index (χ0v) is 18.2. The van der Waals surface area contributed by atoms with Crippen LogP contribution in [0.25, 0.3) is 11.1 Å². The van der Waals surface area contributed by atoms with E-state index >= 15 is 0 Å². The van der Waals surface area contributed by atoms with Crippen LogP contribution in [-0.2, 0) is 26.0 Å². The van der Waals surface area contributed by atoms with Gasteiger partial charge in [-0.1, -0.05) is 6.07 Å². The van der Waals surface area contributed by atoms with Crippen molar-refractivity contribution >= 4 is 33.0 Å². The van der Waals surface area contributed by atoms with Crippen molar-refractivity contribution in [2.75, 3.05) is 28.4 Å². The molecular weight excluding hydrogens is 404 g/mol. The number of aromatic nitrogens is 2. The third-order valence-corrected chi connectivity index (χ3v) is 6.53. The van der Waals surface area contributed by atoms with Gasteiger partial charge in [-0.2, -0.15) is 5.10 Å². The summed E-state index contributed by atoms with van der Waals surface area (Å²) in [6.07, 6.45) is 6.53. The van der Waals surface area contributed by atoms with E-state index < -0.39 is 9.84 Å². The molecular formula is C21H26N4O4S. The molecule has 2 aromatic rings. The van der Waals surface area contributed by atoms with E-state index in [4.69, 9.17) is 0 Å². The average molecular weight is 431 g/mol. The van der Waals surface area contributed by atoms with E-state index in [1.165, 1.54) is 6.26 Å². The Morgan fingerprint density at radius 3 is 2.53 bits per heavy atom. The molecule has 4 rings (SSSR count). The van der Waals surface area contributed by atoms with Crippen molar-refractivity contribution in [1.29, 1.82) is 0 Å². The smallest absolute Gasteiger partial charge is 0.230 e. The van der Waals surface area contributed by atoms with E-state index in [1.54, 1.807) is 28.9 Å². The number of aryl methyl sites for hydroxylation is 1. The lowest BCUT2D eigenvalue weighted by atomic mass is 10.0. The number of benzene rings is 1. The Hall–Kier alpha value is -2.68. The van der Waals surface area contributed by atoms with Gasteiger partial charge in [-0.15, -0.1) is 0 Å². The van der Waals surface area contributed by atoms with Crippen LogP contribution < -0.4 is 9.80 Å². The number of rotatable bonds is 5. The van der Waals surface area contributed by atoms with Crippen molar-refractivity contribution < 1.29 is 18.0 Å². The van der Waals surface area contributed by atoms with E-state index in [2.05, 4.69) is 5.10 Å². The van der Waals surface area contributed by atoms with Gasteiger partial charge in [0.2, 0.25) is 11.8 Å². The van der Waals surface area contributed by atoms with Crippen molar-refractivity contribution in [2.45, 2.75) is 39.3 Å². The van der Waals surface area contributed by atoms with E-state index in [0.29, 0.717) is 6.54 Å². The van der Waals surface area contributed by atoms with Gasteiger partial charge < -0.3 is 9.80 Å². The summed E-state index contributed by atoms with van der Waals surface area (Å²) < 4.78 is 24.4. The molecule has 30 heavy (non-hydrogen) atoms. The number of hydrogen-bond acceptors (Lipinski definition) is 5. The maximum atomic E-state index is 12.9. The molecule has 0 saturated heterocycles. The zero-order valence-electron chi connectivity index (χ0n) is 17.4. The average Bonchev–Trinajstić information content (AvgIpc) is 3.41. The van der Waals surface area contributed by atoms with Crippen LogP contribution >= 0.6 is 0 Å². The monoisotopic (exact) mass is 430 g/mol. The van der Waals surface area contributed by atoms with Gasteiger partial charge in [0, 0.05) is 37.4 Å². The molecule has 8 nitrogen and oxygen atoms in total. The maximum absolute atomic E-state index is 12.9. The summed E-state index contributed by atoms with van der Waals surface area (Å²) in [4.78, 5) is 28.7. The molecule has 0 N–H and O–H groups in total. The van der Waals surface area contributed by atoms with Gasteiger partial charge in [-0.3, -0.25) is 14.3 Å². The lowest BCUT2D eigenvalue weighted by Gasteiger charge is -2.41. The molecule has 0 radical (unpaired) electrons. The molecule has 1 aromatic heterocycles. The fourth-order valence-corrected chi connectivity index (χ4v) is 4.46. The first-order chi connectivity index (χ1) is 14.1. The van der Waals surface area contributed by atoms with E-state index in [-0.39, 0.29) is 36.1 Å². The van der Waals surface area contributed by atoms with Gasteiger partial charge in [-0.25, -0.2) is 8.42 Å². The Kier molecular flexibility index (Phi) is 5.17. The van der Waals surface area contributed by atoms with Crippen molar-refractivity contribution in [3.8, 4) is 11.1 Å². The molecule has 1 aliphatic heterocycles. The van der Waals surface area contributed by atoms with Crippen molar-refractivity contribution in [3.63, 3.8) is 0 Å². The van der Waals surface area contributed by atoms with Crippen LogP contribution in [0.1, 0.15) is 26.7 Å². The number of nitrogens with zero attached hydrogens (tertiary/aromatic N) is 4. The highest BCUT2D eigenvalue weighted by atomic mass is 32.2. The molecule has 1 fully saturated rings. The first kappa shape index (κ1) is 20.6. The number of fused-ring (bicyclic) bond motifs is 1. The Labute approximate surface area is 176 Å². The highest BCUT2D eigenvalue weighted by Crippen LogP contribution is 2.41. The van der Waals surface area contributed by atoms with Crippen molar-refractivity contribution in [1.82, 2.24) is 9.78 Å².